The monoisotopic (exact) mass is 249 g/mol. The average molecular weight is 249 g/mol. The summed E-state index contributed by atoms with van der Waals surface area (Å²) in [6.45, 7) is 6.07. The van der Waals surface area contributed by atoms with Gasteiger partial charge >= 0.3 is 5.97 Å². The molecule has 2 aromatic heterocycles. The zero-order valence-electron chi connectivity index (χ0n) is 10.1. The first-order valence-electron chi connectivity index (χ1n) is 5.52. The highest BCUT2D eigenvalue weighted by atomic mass is 32.1. The molecule has 2 aromatic rings. The third-order valence-electron chi connectivity index (χ3n) is 2.74. The second-order valence-electron chi connectivity index (χ2n) is 4.32. The number of thiophene rings is 1. The third-order valence-corrected chi connectivity index (χ3v) is 4.35. The van der Waals surface area contributed by atoms with Crippen molar-refractivity contribution in [1.29, 1.82) is 0 Å². The van der Waals surface area contributed by atoms with Crippen LogP contribution in [-0.2, 0) is 0 Å². The number of carbonyl (C=O) groups is 1. The molecule has 0 aliphatic heterocycles. The highest BCUT2D eigenvalue weighted by Gasteiger charge is 2.22. The number of aromatic carboxylic acids is 1. The summed E-state index contributed by atoms with van der Waals surface area (Å²) in [5.41, 5.74) is 1.32. The second-order valence-corrected chi connectivity index (χ2v) is 5.35. The van der Waals surface area contributed by atoms with E-state index in [0.29, 0.717) is 11.5 Å². The van der Waals surface area contributed by atoms with E-state index in [9.17, 15) is 9.90 Å². The molecule has 0 aromatic carbocycles. The smallest absolute Gasteiger partial charge is 0.339 e. The summed E-state index contributed by atoms with van der Waals surface area (Å²) in [4.78, 5) is 12.5. The Labute approximate surface area is 104 Å². The molecule has 0 radical (unpaired) electrons. The fraction of sp³-hybridized carbons (Fsp3) is 0.308. The van der Waals surface area contributed by atoms with Crippen LogP contribution in [0.1, 0.15) is 40.6 Å². The van der Waals surface area contributed by atoms with Gasteiger partial charge in [0.05, 0.1) is 5.56 Å². The Hall–Kier alpha value is -1.55. The molecular weight excluding hydrogens is 234 g/mol. The predicted molar refractivity (Wildman–Crippen MR) is 69.4 cm³/mol. The zero-order valence-corrected chi connectivity index (χ0v) is 10.9. The first kappa shape index (κ1) is 11.9. The number of hydrogen-bond acceptors (Lipinski definition) is 2. The molecule has 0 aliphatic carbocycles. The standard InChI is InChI=1S/C13H15NO2S/c1-8(2)11-9(3)10(13(15)16)12(17-11)14-6-4-5-7-14/h4-8H,1-3H3,(H,15,16). The fourth-order valence-corrected chi connectivity index (χ4v) is 3.24. The van der Waals surface area contributed by atoms with Crippen LogP contribution in [0.2, 0.25) is 0 Å². The SMILES string of the molecule is Cc1c(C(C)C)sc(-n2cccc2)c1C(=O)O. The van der Waals surface area contributed by atoms with Crippen molar-refractivity contribution in [3.05, 3.63) is 40.5 Å². The Balaban J connectivity index is 2.66. The van der Waals surface area contributed by atoms with E-state index in [-0.39, 0.29) is 0 Å². The molecule has 3 nitrogen and oxygen atoms in total. The Bertz CT molecular complexity index is 538. The van der Waals surface area contributed by atoms with Crippen LogP contribution in [0.3, 0.4) is 0 Å². The van der Waals surface area contributed by atoms with Gasteiger partial charge in [0.25, 0.3) is 0 Å². The second kappa shape index (κ2) is 4.37. The van der Waals surface area contributed by atoms with E-state index in [4.69, 9.17) is 0 Å². The summed E-state index contributed by atoms with van der Waals surface area (Å²) in [5.74, 6) is -0.503. The Morgan fingerprint density at radius 2 is 1.94 bits per heavy atom. The summed E-state index contributed by atoms with van der Waals surface area (Å²) in [7, 11) is 0. The molecule has 2 heterocycles. The fourth-order valence-electron chi connectivity index (χ4n) is 1.97. The number of hydrogen-bond donors (Lipinski definition) is 1. The average Bonchev–Trinajstić information content (AvgIpc) is 2.82. The van der Waals surface area contributed by atoms with Crippen molar-refractivity contribution in [3.63, 3.8) is 0 Å². The van der Waals surface area contributed by atoms with Gasteiger partial charge in [-0.25, -0.2) is 4.79 Å². The summed E-state index contributed by atoms with van der Waals surface area (Å²) >= 11 is 1.56. The molecule has 0 atom stereocenters. The zero-order chi connectivity index (χ0) is 12.6. The van der Waals surface area contributed by atoms with Crippen LogP contribution < -0.4 is 0 Å². The van der Waals surface area contributed by atoms with E-state index in [1.165, 1.54) is 0 Å². The number of rotatable bonds is 3. The number of aromatic nitrogens is 1. The molecule has 2 rings (SSSR count). The molecule has 0 unspecified atom stereocenters. The minimum absolute atomic E-state index is 0.349. The van der Waals surface area contributed by atoms with Crippen molar-refractivity contribution >= 4 is 17.3 Å². The lowest BCUT2D eigenvalue weighted by Crippen LogP contribution is -2.02. The van der Waals surface area contributed by atoms with Crippen LogP contribution in [0, 0.1) is 6.92 Å². The minimum Gasteiger partial charge on any atom is -0.478 e. The minimum atomic E-state index is -0.852. The van der Waals surface area contributed by atoms with Gasteiger partial charge in [-0.1, -0.05) is 13.8 Å². The van der Waals surface area contributed by atoms with Gasteiger partial charge in [0.2, 0.25) is 0 Å². The lowest BCUT2D eigenvalue weighted by molar-refractivity contribution is 0.0696. The largest absolute Gasteiger partial charge is 0.478 e. The molecule has 0 aliphatic rings. The normalized spacial score (nSPS) is 11.1. The summed E-state index contributed by atoms with van der Waals surface area (Å²) in [6.07, 6.45) is 3.75. The molecule has 4 heteroatoms. The summed E-state index contributed by atoms with van der Waals surface area (Å²) in [6, 6.07) is 3.80. The van der Waals surface area contributed by atoms with Gasteiger partial charge < -0.3 is 9.67 Å². The van der Waals surface area contributed by atoms with Gasteiger partial charge in [-0.05, 0) is 30.5 Å². The van der Waals surface area contributed by atoms with Crippen molar-refractivity contribution in [1.82, 2.24) is 4.57 Å². The van der Waals surface area contributed by atoms with Crippen LogP contribution in [0.15, 0.2) is 24.5 Å². The third kappa shape index (κ3) is 2.00. The van der Waals surface area contributed by atoms with Crippen molar-refractivity contribution in [2.45, 2.75) is 26.7 Å². The highest BCUT2D eigenvalue weighted by molar-refractivity contribution is 7.15. The van der Waals surface area contributed by atoms with Gasteiger partial charge in [0.1, 0.15) is 5.00 Å². The van der Waals surface area contributed by atoms with Crippen molar-refractivity contribution in [3.8, 4) is 5.00 Å². The molecule has 0 saturated heterocycles. The van der Waals surface area contributed by atoms with E-state index in [2.05, 4.69) is 13.8 Å². The summed E-state index contributed by atoms with van der Waals surface area (Å²) < 4.78 is 1.87. The van der Waals surface area contributed by atoms with E-state index in [1.54, 1.807) is 11.3 Å². The van der Waals surface area contributed by atoms with Gasteiger partial charge in [-0.2, -0.15) is 0 Å². The Morgan fingerprint density at radius 3 is 2.41 bits per heavy atom. The lowest BCUT2D eigenvalue weighted by atomic mass is 10.1. The number of nitrogens with zero attached hydrogens (tertiary/aromatic N) is 1. The quantitative estimate of drug-likeness (QED) is 0.901. The maximum absolute atomic E-state index is 11.4. The predicted octanol–water partition coefficient (Wildman–Crippen LogP) is 3.67. The van der Waals surface area contributed by atoms with Gasteiger partial charge in [-0.3, -0.25) is 0 Å². The number of carboxylic acids is 1. The molecule has 0 spiro atoms. The summed E-state index contributed by atoms with van der Waals surface area (Å²) in [5, 5.41) is 10.1. The molecule has 1 N–H and O–H groups in total. The molecule has 0 fully saturated rings. The molecular formula is C13H15NO2S. The van der Waals surface area contributed by atoms with Crippen molar-refractivity contribution in [2.24, 2.45) is 0 Å². The van der Waals surface area contributed by atoms with Gasteiger partial charge in [-0.15, -0.1) is 11.3 Å². The van der Waals surface area contributed by atoms with Crippen LogP contribution in [0.25, 0.3) is 5.00 Å². The van der Waals surface area contributed by atoms with E-state index < -0.39 is 5.97 Å². The van der Waals surface area contributed by atoms with E-state index in [1.807, 2.05) is 36.0 Å². The van der Waals surface area contributed by atoms with Crippen LogP contribution in [0.5, 0.6) is 0 Å². The first-order valence-corrected chi connectivity index (χ1v) is 6.34. The van der Waals surface area contributed by atoms with Crippen molar-refractivity contribution < 1.29 is 9.90 Å². The van der Waals surface area contributed by atoms with Gasteiger partial charge in [0.15, 0.2) is 0 Å². The maximum Gasteiger partial charge on any atom is 0.339 e. The van der Waals surface area contributed by atoms with E-state index in [0.717, 1.165) is 15.4 Å². The van der Waals surface area contributed by atoms with Crippen LogP contribution in [-0.4, -0.2) is 15.6 Å². The van der Waals surface area contributed by atoms with Crippen LogP contribution >= 0.6 is 11.3 Å². The molecule has 17 heavy (non-hydrogen) atoms. The maximum atomic E-state index is 11.4. The number of carboxylic acid groups (broad SMARTS) is 1. The lowest BCUT2D eigenvalue weighted by Gasteiger charge is -2.02. The topological polar surface area (TPSA) is 42.2 Å². The first-order chi connectivity index (χ1) is 8.02. The Morgan fingerprint density at radius 1 is 1.35 bits per heavy atom. The Kier molecular flexibility index (Phi) is 3.07. The molecule has 0 bridgehead atoms. The van der Waals surface area contributed by atoms with Crippen molar-refractivity contribution in [2.75, 3.05) is 0 Å². The molecule has 90 valence electrons. The highest BCUT2D eigenvalue weighted by Crippen LogP contribution is 2.35. The molecule has 0 saturated carbocycles. The molecule has 0 amide bonds. The van der Waals surface area contributed by atoms with Crippen LogP contribution in [0.4, 0.5) is 0 Å². The van der Waals surface area contributed by atoms with Gasteiger partial charge in [0, 0.05) is 17.3 Å². The van der Waals surface area contributed by atoms with E-state index >= 15 is 0 Å².